The number of primary amides is 2. The Kier molecular flexibility index (Phi) is 7.47. The molecule has 1 aliphatic heterocycles. The summed E-state index contributed by atoms with van der Waals surface area (Å²) in [7, 11) is 1.59. The van der Waals surface area contributed by atoms with Gasteiger partial charge in [-0.25, -0.2) is 4.79 Å². The molecule has 41 heavy (non-hydrogen) atoms. The molecule has 1 aliphatic carbocycles. The van der Waals surface area contributed by atoms with E-state index < -0.39 is 29.0 Å². The number of nitrogens with zero attached hydrogens (tertiary/aromatic N) is 4. The fourth-order valence-electron chi connectivity index (χ4n) is 6.25. The molecule has 5 N–H and O–H groups in total. The maximum absolute atomic E-state index is 12.9. The molecule has 3 amide bonds. The third-order valence-electron chi connectivity index (χ3n) is 8.13. The number of benzene rings is 2. The Morgan fingerprint density at radius 1 is 1.10 bits per heavy atom. The van der Waals surface area contributed by atoms with Crippen LogP contribution in [0.15, 0.2) is 45.7 Å². The van der Waals surface area contributed by atoms with E-state index in [-0.39, 0.29) is 12.5 Å². The van der Waals surface area contributed by atoms with E-state index in [2.05, 4.69) is 16.4 Å². The van der Waals surface area contributed by atoms with Crippen LogP contribution in [0.2, 0.25) is 0 Å². The van der Waals surface area contributed by atoms with E-state index in [1.54, 1.807) is 36.2 Å². The van der Waals surface area contributed by atoms with Crippen LogP contribution < -0.4 is 22.5 Å². The largest absolute Gasteiger partial charge is 0.459 e. The first-order valence-corrected chi connectivity index (χ1v) is 13.5. The van der Waals surface area contributed by atoms with Gasteiger partial charge in [0.2, 0.25) is 17.7 Å². The lowest BCUT2D eigenvalue weighted by Crippen LogP contribution is -2.42. The van der Waals surface area contributed by atoms with Crippen molar-refractivity contribution in [2.45, 2.75) is 43.6 Å². The number of hydrogen-bond donors (Lipinski definition) is 3. The monoisotopic (exact) mass is 557 g/mol. The van der Waals surface area contributed by atoms with Crippen molar-refractivity contribution in [1.82, 2.24) is 19.9 Å². The lowest BCUT2D eigenvalue weighted by Gasteiger charge is -2.35. The zero-order chi connectivity index (χ0) is 29.3. The second kappa shape index (κ2) is 11.0. The van der Waals surface area contributed by atoms with E-state index in [1.807, 2.05) is 12.1 Å². The van der Waals surface area contributed by atoms with Crippen LogP contribution >= 0.6 is 0 Å². The van der Waals surface area contributed by atoms with Crippen LogP contribution in [0.3, 0.4) is 0 Å². The number of fused-ring (bicyclic) bond motifs is 2. The molecule has 1 aromatic heterocycles. The number of hydrogen-bond acceptors (Lipinski definition) is 8. The highest BCUT2D eigenvalue weighted by Gasteiger charge is 2.45. The van der Waals surface area contributed by atoms with Crippen LogP contribution in [0.1, 0.15) is 68.1 Å². The Morgan fingerprint density at radius 2 is 1.71 bits per heavy atom. The van der Waals surface area contributed by atoms with Crippen LogP contribution in [-0.2, 0) is 30.1 Å². The molecule has 2 heterocycles. The third kappa shape index (κ3) is 5.00. The Labute approximate surface area is 235 Å². The van der Waals surface area contributed by atoms with Gasteiger partial charge in [-0.05, 0) is 85.2 Å². The van der Waals surface area contributed by atoms with E-state index >= 15 is 0 Å². The van der Waals surface area contributed by atoms with E-state index in [1.165, 1.54) is 4.74 Å². The first-order chi connectivity index (χ1) is 19.6. The third-order valence-corrected chi connectivity index (χ3v) is 8.13. The molecule has 0 unspecified atom stereocenters. The van der Waals surface area contributed by atoms with Gasteiger partial charge in [0.25, 0.3) is 0 Å². The van der Waals surface area contributed by atoms with Gasteiger partial charge in [0, 0.05) is 24.7 Å². The molecule has 212 valence electrons. The summed E-state index contributed by atoms with van der Waals surface area (Å²) in [5.41, 5.74) is 14.1. The Hall–Kier alpha value is -4.76. The minimum Gasteiger partial charge on any atom is -0.366 e. The van der Waals surface area contributed by atoms with Crippen molar-refractivity contribution < 1.29 is 18.9 Å². The summed E-state index contributed by atoms with van der Waals surface area (Å²) in [6.07, 6.45) is 2.85. The molecule has 0 spiro atoms. The highest BCUT2D eigenvalue weighted by molar-refractivity contribution is 5.94. The number of nitrogens with two attached hydrogens (primary N) is 2. The second-order valence-corrected chi connectivity index (χ2v) is 10.5. The van der Waals surface area contributed by atoms with E-state index in [4.69, 9.17) is 16.0 Å². The number of rotatable bonds is 8. The molecule has 12 heteroatoms. The SMILES string of the molecule is Cn1oc(=O)nc1C1(CCNCC(=O)N2CCC[C@H]2C#N)c2ccc(C(N)=O)cc2CCc2cc(C(N)=O)ccc21. The van der Waals surface area contributed by atoms with Crippen LogP contribution in [-0.4, -0.2) is 58.0 Å². The van der Waals surface area contributed by atoms with Crippen molar-refractivity contribution in [1.29, 1.82) is 5.26 Å². The summed E-state index contributed by atoms with van der Waals surface area (Å²) in [6, 6.07) is 12.2. The number of carbonyl (C=O) groups excluding carboxylic acids is 3. The maximum Gasteiger partial charge on any atom is 0.459 e. The van der Waals surface area contributed by atoms with Gasteiger partial charge >= 0.3 is 5.76 Å². The molecule has 0 radical (unpaired) electrons. The molecule has 1 saturated heterocycles. The highest BCUT2D eigenvalue weighted by Crippen LogP contribution is 2.46. The number of aryl methyl sites for hydroxylation is 3. The average molecular weight is 558 g/mol. The lowest BCUT2D eigenvalue weighted by molar-refractivity contribution is -0.130. The zero-order valence-corrected chi connectivity index (χ0v) is 22.7. The molecule has 1 fully saturated rings. The number of likely N-dealkylation sites (tertiary alicyclic amines) is 1. The Balaban J connectivity index is 1.61. The standard InChI is InChI=1S/C29H31N7O5/c1-35-27(34-28(40)41-35)29(10-11-33-16-24(37)36-12-2-3-21(36)15-30)22-8-6-19(25(31)38)13-17(22)4-5-18-14-20(26(32)39)7-9-23(18)29/h6-9,13-14,21,33H,2-5,10-12,16H2,1H3,(H2,31,38)(H2,32,39)/t21-/m0/s1. The molecular weight excluding hydrogens is 526 g/mol. The molecule has 5 rings (SSSR count). The van der Waals surface area contributed by atoms with Gasteiger partial charge < -0.3 is 26.2 Å². The fraction of sp³-hybridized carbons (Fsp3) is 0.379. The van der Waals surface area contributed by atoms with Crippen molar-refractivity contribution in [3.05, 3.63) is 86.2 Å². The average Bonchev–Trinajstić information content (AvgIpc) is 3.54. The van der Waals surface area contributed by atoms with Gasteiger partial charge in [0.1, 0.15) is 6.04 Å². The second-order valence-electron chi connectivity index (χ2n) is 10.5. The predicted molar refractivity (Wildman–Crippen MR) is 147 cm³/mol. The molecule has 3 aromatic rings. The topological polar surface area (TPSA) is 190 Å². The summed E-state index contributed by atoms with van der Waals surface area (Å²) in [5, 5.41) is 12.6. The predicted octanol–water partition coefficient (Wildman–Crippen LogP) is 0.498. The van der Waals surface area contributed by atoms with Gasteiger partial charge in [-0.2, -0.15) is 15.0 Å². The summed E-state index contributed by atoms with van der Waals surface area (Å²) < 4.78 is 6.65. The Bertz CT molecular complexity index is 1570. The van der Waals surface area contributed by atoms with Crippen LogP contribution in [0.25, 0.3) is 0 Å². The number of nitrogens with one attached hydrogen (secondary N) is 1. The van der Waals surface area contributed by atoms with Crippen molar-refractivity contribution >= 4 is 17.7 Å². The lowest BCUT2D eigenvalue weighted by atomic mass is 9.69. The van der Waals surface area contributed by atoms with Gasteiger partial charge in [0.05, 0.1) is 18.0 Å². The minimum atomic E-state index is -1.06. The van der Waals surface area contributed by atoms with Crippen LogP contribution in [0.4, 0.5) is 0 Å². The minimum absolute atomic E-state index is 0.0347. The normalized spacial score (nSPS) is 17.3. The number of nitriles is 1. The summed E-state index contributed by atoms with van der Waals surface area (Å²) in [4.78, 5) is 55.3. The van der Waals surface area contributed by atoms with Crippen molar-refractivity contribution in [2.24, 2.45) is 18.5 Å². The highest BCUT2D eigenvalue weighted by atomic mass is 16.5. The first kappa shape index (κ1) is 27.8. The molecule has 0 saturated carbocycles. The molecule has 1 atom stereocenters. The van der Waals surface area contributed by atoms with E-state index in [0.717, 1.165) is 28.7 Å². The molecular formula is C29H31N7O5. The molecule has 12 nitrogen and oxygen atoms in total. The van der Waals surface area contributed by atoms with Crippen molar-refractivity contribution in [3.63, 3.8) is 0 Å². The van der Waals surface area contributed by atoms with Crippen molar-refractivity contribution in [3.8, 4) is 6.07 Å². The quantitative estimate of drug-likeness (QED) is 0.333. The van der Waals surface area contributed by atoms with Crippen molar-refractivity contribution in [2.75, 3.05) is 19.6 Å². The van der Waals surface area contributed by atoms with Gasteiger partial charge in [-0.3, -0.25) is 14.4 Å². The zero-order valence-electron chi connectivity index (χ0n) is 22.7. The van der Waals surface area contributed by atoms with E-state index in [0.29, 0.717) is 55.7 Å². The van der Waals surface area contributed by atoms with Crippen LogP contribution in [0.5, 0.6) is 0 Å². The number of amides is 3. The van der Waals surface area contributed by atoms with Gasteiger partial charge in [-0.1, -0.05) is 12.1 Å². The van der Waals surface area contributed by atoms with Gasteiger partial charge in [0.15, 0.2) is 5.82 Å². The fourth-order valence-corrected chi connectivity index (χ4v) is 6.25. The maximum atomic E-state index is 12.9. The number of carbonyl (C=O) groups is 3. The molecule has 2 aliphatic rings. The van der Waals surface area contributed by atoms with E-state index in [9.17, 15) is 24.4 Å². The van der Waals surface area contributed by atoms with Crippen LogP contribution in [0, 0.1) is 11.3 Å². The first-order valence-electron chi connectivity index (χ1n) is 13.5. The summed E-state index contributed by atoms with van der Waals surface area (Å²) >= 11 is 0. The smallest absolute Gasteiger partial charge is 0.366 e. The molecule has 2 aromatic carbocycles. The number of aromatic nitrogens is 2. The Morgan fingerprint density at radius 3 is 2.22 bits per heavy atom. The summed E-state index contributed by atoms with van der Waals surface area (Å²) in [6.45, 7) is 0.910. The summed E-state index contributed by atoms with van der Waals surface area (Å²) in [5.74, 6) is -1.72. The molecule has 0 bridgehead atoms. The van der Waals surface area contributed by atoms with Gasteiger partial charge in [-0.15, -0.1) is 0 Å².